The predicted molar refractivity (Wildman–Crippen MR) is 175 cm³/mol. The number of hydrogen-bond donors (Lipinski definition) is 4. The Balaban J connectivity index is 2.65. The zero-order chi connectivity index (χ0) is 34.8. The Hall–Kier alpha value is -3.80. The third-order valence-electron chi connectivity index (χ3n) is 8.19. The van der Waals surface area contributed by atoms with Crippen LogP contribution >= 0.6 is 0 Å². The number of benzene rings is 1. The van der Waals surface area contributed by atoms with Crippen LogP contribution in [0.1, 0.15) is 106 Å². The van der Waals surface area contributed by atoms with Gasteiger partial charge in [0.25, 0.3) is 5.91 Å². The molecule has 4 N–H and O–H groups in total. The average Bonchev–Trinajstić information content (AvgIpc) is 3.32. The van der Waals surface area contributed by atoms with Crippen molar-refractivity contribution in [1.29, 1.82) is 0 Å². The molecule has 1 heterocycles. The molecule has 1 aromatic carbocycles. The second kappa shape index (κ2) is 16.7. The summed E-state index contributed by atoms with van der Waals surface area (Å²) in [5, 5.41) is 26.3. The molecule has 0 aromatic heterocycles. The molecule has 4 amide bonds. The molecular weight excluding hydrogens is 592 g/mol. The van der Waals surface area contributed by atoms with Crippen LogP contribution in [-0.4, -0.2) is 74.8 Å². The Morgan fingerprint density at radius 1 is 1.02 bits per heavy atom. The van der Waals surface area contributed by atoms with Gasteiger partial charge in [-0.2, -0.15) is 0 Å². The van der Waals surface area contributed by atoms with E-state index in [1.165, 1.54) is 13.1 Å². The molecule has 12 nitrogen and oxygen atoms in total. The van der Waals surface area contributed by atoms with Gasteiger partial charge in [-0.15, -0.1) is 0 Å². The molecule has 0 fully saturated rings. The minimum absolute atomic E-state index is 0.0857. The van der Waals surface area contributed by atoms with E-state index < -0.39 is 71.5 Å². The van der Waals surface area contributed by atoms with Crippen LogP contribution in [0.2, 0.25) is 0 Å². The number of fused-ring (bicyclic) bond motifs is 1. The van der Waals surface area contributed by atoms with Crippen LogP contribution in [0.4, 0.5) is 10.5 Å². The molecule has 6 atom stereocenters. The van der Waals surface area contributed by atoms with E-state index in [2.05, 4.69) is 22.5 Å². The van der Waals surface area contributed by atoms with Crippen molar-refractivity contribution in [2.24, 2.45) is 16.8 Å². The number of para-hydroxylation sites is 1. The quantitative estimate of drug-likeness (QED) is 0.198. The van der Waals surface area contributed by atoms with Gasteiger partial charge < -0.3 is 25.6 Å². The third-order valence-corrected chi connectivity index (χ3v) is 8.19. The first-order valence-corrected chi connectivity index (χ1v) is 16.2. The smallest absolute Gasteiger partial charge is 0.408 e. The molecule has 0 saturated carbocycles. The van der Waals surface area contributed by atoms with Gasteiger partial charge in [-0.25, -0.2) is 4.79 Å². The van der Waals surface area contributed by atoms with Crippen LogP contribution in [0.15, 0.2) is 29.3 Å². The fourth-order valence-electron chi connectivity index (χ4n) is 5.23. The summed E-state index contributed by atoms with van der Waals surface area (Å²) in [5.74, 6) is -4.14. The number of amides is 4. The van der Waals surface area contributed by atoms with Crippen molar-refractivity contribution in [3.63, 3.8) is 0 Å². The summed E-state index contributed by atoms with van der Waals surface area (Å²) in [6.07, 6.45) is 3.50. The molecule has 1 aliphatic heterocycles. The van der Waals surface area contributed by atoms with Crippen molar-refractivity contribution in [2.75, 3.05) is 0 Å². The first kappa shape index (κ1) is 38.4. The minimum Gasteiger partial charge on any atom is -0.480 e. The van der Waals surface area contributed by atoms with Crippen LogP contribution in [0.5, 0.6) is 0 Å². The van der Waals surface area contributed by atoms with E-state index in [9.17, 15) is 34.2 Å². The molecule has 0 radical (unpaired) electrons. The Bertz CT molecular complexity index is 1280. The summed E-state index contributed by atoms with van der Waals surface area (Å²) < 4.78 is 5.41. The lowest BCUT2D eigenvalue weighted by Gasteiger charge is -2.37. The van der Waals surface area contributed by atoms with E-state index in [4.69, 9.17) is 4.74 Å². The number of aliphatic imine (C=N–C) groups is 1. The largest absolute Gasteiger partial charge is 0.480 e. The van der Waals surface area contributed by atoms with Crippen LogP contribution in [0.3, 0.4) is 0 Å². The van der Waals surface area contributed by atoms with Crippen LogP contribution < -0.4 is 10.6 Å². The molecule has 0 spiro atoms. The fourth-order valence-corrected chi connectivity index (χ4v) is 5.23. The Morgan fingerprint density at radius 3 is 2.26 bits per heavy atom. The van der Waals surface area contributed by atoms with Crippen LogP contribution in [0, 0.1) is 11.8 Å². The summed E-state index contributed by atoms with van der Waals surface area (Å²) in [5.41, 5.74) is -1.90. The molecule has 1 aliphatic rings. The lowest BCUT2D eigenvalue weighted by atomic mass is 9.87. The van der Waals surface area contributed by atoms with E-state index in [1.54, 1.807) is 52.0 Å². The molecule has 46 heavy (non-hydrogen) atoms. The van der Waals surface area contributed by atoms with Crippen LogP contribution in [0.25, 0.3) is 0 Å². The van der Waals surface area contributed by atoms with E-state index in [-0.39, 0.29) is 12.3 Å². The topological polar surface area (TPSA) is 175 Å². The molecular formula is C34H52N4O8. The number of imide groups is 1. The number of nitrogens with zero attached hydrogens (tertiary/aromatic N) is 2. The van der Waals surface area contributed by atoms with Crippen molar-refractivity contribution in [1.82, 2.24) is 15.5 Å². The Morgan fingerprint density at radius 2 is 1.67 bits per heavy atom. The SMILES string of the molecule is CCCC[C@H](C)CCC(=O)N(C(=O)[C@H](NC(=O)OC(C)(C)C)[C@H](C)CC)[C@H](C[C@@]1(O)C=Nc2ccccc21)C(=O)N[C@@H](C)C(=O)O. The molecule has 0 bridgehead atoms. The monoisotopic (exact) mass is 644 g/mol. The number of alkyl carbamates (subject to hydrolysis) is 1. The number of ether oxygens (including phenoxy) is 1. The molecule has 0 unspecified atom stereocenters. The molecule has 256 valence electrons. The van der Waals surface area contributed by atoms with Gasteiger partial charge in [0.05, 0.1) is 5.69 Å². The number of aliphatic hydroxyl groups is 1. The summed E-state index contributed by atoms with van der Waals surface area (Å²) in [7, 11) is 0. The zero-order valence-corrected chi connectivity index (χ0v) is 28.5. The lowest BCUT2D eigenvalue weighted by Crippen LogP contribution is -2.61. The fraction of sp³-hybridized carbons (Fsp3) is 0.647. The second-order valence-electron chi connectivity index (χ2n) is 13.4. The standard InChI is InChI=1S/C34H52N4O8/c1-9-11-14-21(3)17-18-27(39)38(30(41)28(22(4)10-2)37-32(44)46-33(6,7)8)26(29(40)36-23(5)31(42)43)19-34(45)20-35-25-16-13-12-15-24(25)34/h12-13,15-16,20-23,26,28,45H,9-11,14,17-19H2,1-8H3,(H,36,40)(H,37,44)(H,42,43)/t21-,22+,23-,26+,28+,34+/m0/s1. The van der Waals surface area contributed by atoms with Crippen molar-refractivity contribution in [3.8, 4) is 0 Å². The maximum Gasteiger partial charge on any atom is 0.408 e. The first-order chi connectivity index (χ1) is 21.4. The van der Waals surface area contributed by atoms with Gasteiger partial charge >= 0.3 is 12.1 Å². The molecule has 1 aromatic rings. The van der Waals surface area contributed by atoms with E-state index in [1.807, 2.05) is 13.8 Å². The third kappa shape index (κ3) is 10.6. The van der Waals surface area contributed by atoms with Crippen LogP contribution in [-0.2, 0) is 29.5 Å². The van der Waals surface area contributed by atoms with Gasteiger partial charge in [-0.05, 0) is 52.0 Å². The van der Waals surface area contributed by atoms with Gasteiger partial charge in [-0.3, -0.25) is 29.1 Å². The highest BCUT2D eigenvalue weighted by Crippen LogP contribution is 2.39. The van der Waals surface area contributed by atoms with E-state index in [0.717, 1.165) is 24.2 Å². The van der Waals surface area contributed by atoms with E-state index in [0.29, 0.717) is 24.1 Å². The number of carbonyl (C=O) groups excluding carboxylic acids is 4. The van der Waals surface area contributed by atoms with Crippen molar-refractivity contribution in [2.45, 2.75) is 130 Å². The highest BCUT2D eigenvalue weighted by molar-refractivity contribution is 6.04. The highest BCUT2D eigenvalue weighted by Gasteiger charge is 2.46. The molecule has 12 heteroatoms. The number of rotatable bonds is 16. The average molecular weight is 645 g/mol. The maximum atomic E-state index is 14.5. The molecule has 2 rings (SSSR count). The number of nitrogens with one attached hydrogen (secondary N) is 2. The second-order valence-corrected chi connectivity index (χ2v) is 13.4. The minimum atomic E-state index is -1.86. The lowest BCUT2D eigenvalue weighted by molar-refractivity contribution is -0.156. The van der Waals surface area contributed by atoms with Gasteiger partial charge in [0.1, 0.15) is 29.3 Å². The normalized spacial score (nSPS) is 18.8. The summed E-state index contributed by atoms with van der Waals surface area (Å²) >= 11 is 0. The number of hydrogen-bond acceptors (Lipinski definition) is 8. The number of carbonyl (C=O) groups is 5. The number of carboxylic acids is 1. The number of aliphatic carboxylic acids is 1. The van der Waals surface area contributed by atoms with Crippen molar-refractivity contribution >= 4 is 41.7 Å². The Labute approximate surface area is 272 Å². The van der Waals surface area contributed by atoms with Gasteiger partial charge in [-0.1, -0.05) is 71.6 Å². The predicted octanol–water partition coefficient (Wildman–Crippen LogP) is 4.84. The van der Waals surface area contributed by atoms with Crippen molar-refractivity contribution < 1.29 is 38.9 Å². The molecule has 0 saturated heterocycles. The maximum absolute atomic E-state index is 14.5. The van der Waals surface area contributed by atoms with Gasteiger partial charge in [0, 0.05) is 24.6 Å². The highest BCUT2D eigenvalue weighted by atomic mass is 16.6. The first-order valence-electron chi connectivity index (χ1n) is 16.2. The summed E-state index contributed by atoms with van der Waals surface area (Å²) in [6, 6.07) is 2.46. The molecule has 0 aliphatic carbocycles. The summed E-state index contributed by atoms with van der Waals surface area (Å²) in [4.78, 5) is 72.3. The van der Waals surface area contributed by atoms with Crippen molar-refractivity contribution in [3.05, 3.63) is 29.8 Å². The Kier molecular flexibility index (Phi) is 13.9. The van der Waals surface area contributed by atoms with E-state index >= 15 is 0 Å². The zero-order valence-electron chi connectivity index (χ0n) is 28.5. The summed E-state index contributed by atoms with van der Waals surface area (Å²) in [6.45, 7) is 13.9. The number of carboxylic acid groups (broad SMARTS) is 1. The number of unbranched alkanes of at least 4 members (excludes halogenated alkanes) is 1. The van der Waals surface area contributed by atoms with Gasteiger partial charge in [0.2, 0.25) is 11.8 Å². The van der Waals surface area contributed by atoms with Gasteiger partial charge in [0.15, 0.2) is 0 Å².